The van der Waals surface area contributed by atoms with Crippen LogP contribution in [0.3, 0.4) is 0 Å². The maximum atomic E-state index is 13.8. The average Bonchev–Trinajstić information content (AvgIpc) is 2.87. The van der Waals surface area contributed by atoms with Crippen LogP contribution < -0.4 is 10.2 Å². The number of aromatic nitrogens is 2. The van der Waals surface area contributed by atoms with Crippen molar-refractivity contribution in [1.29, 1.82) is 0 Å². The zero-order chi connectivity index (χ0) is 24.4. The van der Waals surface area contributed by atoms with Crippen molar-refractivity contribution in [1.82, 2.24) is 14.9 Å². The Morgan fingerprint density at radius 2 is 1.63 bits per heavy atom. The zero-order valence-corrected chi connectivity index (χ0v) is 19.5. The normalized spacial score (nSPS) is 17.5. The van der Waals surface area contributed by atoms with E-state index in [1.807, 2.05) is 6.92 Å². The number of hydrogen-bond donors (Lipinski definition) is 1. The monoisotopic (exact) mass is 483 g/mol. The largest absolute Gasteiger partial charge is 0.378 e. The SMILES string of the molecule is CC(Nc1cc(F)cc(F)c1)c1cc(C(=O)N2CCOCC2)cc2ncc(N3CCOCC3)nc12. The molecule has 0 radical (unpaired) electrons. The minimum atomic E-state index is -0.671. The summed E-state index contributed by atoms with van der Waals surface area (Å²) in [7, 11) is 0. The van der Waals surface area contributed by atoms with Crippen molar-refractivity contribution < 1.29 is 23.0 Å². The van der Waals surface area contributed by atoms with Crippen LogP contribution in [-0.4, -0.2) is 73.4 Å². The lowest BCUT2D eigenvalue weighted by atomic mass is 10.0. The van der Waals surface area contributed by atoms with Gasteiger partial charge in [-0.2, -0.15) is 0 Å². The molecule has 1 atom stereocenters. The second kappa shape index (κ2) is 10.1. The van der Waals surface area contributed by atoms with Crippen LogP contribution in [-0.2, 0) is 9.47 Å². The highest BCUT2D eigenvalue weighted by Crippen LogP contribution is 2.29. The van der Waals surface area contributed by atoms with Crippen molar-refractivity contribution in [2.75, 3.05) is 62.8 Å². The number of nitrogens with one attached hydrogen (secondary N) is 1. The molecular formula is C25H27F2N5O3. The standard InChI is InChI=1S/C25H27F2N5O3/c1-16(29-20-13-18(26)12-19(27)14-20)21-10-17(25(33)32-4-8-35-9-5-32)11-22-24(21)30-23(15-28-22)31-2-6-34-7-3-31/h10-16,29H,2-9H2,1H3. The fourth-order valence-corrected chi connectivity index (χ4v) is 4.44. The first-order valence-corrected chi connectivity index (χ1v) is 11.7. The number of carbonyl (C=O) groups excluding carboxylic acids is 1. The van der Waals surface area contributed by atoms with Crippen LogP contribution in [0.4, 0.5) is 20.3 Å². The molecule has 0 saturated carbocycles. The molecule has 2 saturated heterocycles. The van der Waals surface area contributed by atoms with E-state index in [-0.39, 0.29) is 5.91 Å². The highest BCUT2D eigenvalue weighted by Gasteiger charge is 2.23. The molecule has 1 unspecified atom stereocenters. The minimum Gasteiger partial charge on any atom is -0.378 e. The van der Waals surface area contributed by atoms with Gasteiger partial charge in [0.1, 0.15) is 17.5 Å². The van der Waals surface area contributed by atoms with E-state index in [1.54, 1.807) is 23.2 Å². The molecule has 184 valence electrons. The number of anilines is 2. The predicted octanol–water partition coefficient (Wildman–Crippen LogP) is 3.39. The Morgan fingerprint density at radius 1 is 0.971 bits per heavy atom. The van der Waals surface area contributed by atoms with Gasteiger partial charge < -0.3 is 24.6 Å². The number of morpholine rings is 2. The molecule has 35 heavy (non-hydrogen) atoms. The molecule has 2 fully saturated rings. The molecule has 2 aliphatic rings. The highest BCUT2D eigenvalue weighted by molar-refractivity contribution is 5.98. The van der Waals surface area contributed by atoms with Crippen LogP contribution in [0, 0.1) is 11.6 Å². The molecule has 2 aliphatic heterocycles. The molecule has 2 aromatic carbocycles. The summed E-state index contributed by atoms with van der Waals surface area (Å²) in [6.07, 6.45) is 1.71. The van der Waals surface area contributed by atoms with Crippen molar-refractivity contribution >= 4 is 28.4 Å². The van der Waals surface area contributed by atoms with E-state index < -0.39 is 17.7 Å². The van der Waals surface area contributed by atoms with E-state index in [9.17, 15) is 13.6 Å². The first kappa shape index (κ1) is 23.4. The van der Waals surface area contributed by atoms with Gasteiger partial charge in [0, 0.05) is 49.1 Å². The molecule has 3 aromatic rings. The maximum Gasteiger partial charge on any atom is 0.254 e. The van der Waals surface area contributed by atoms with Crippen molar-refractivity contribution in [3.05, 3.63) is 59.3 Å². The summed E-state index contributed by atoms with van der Waals surface area (Å²) in [5.41, 5.74) is 2.71. The summed E-state index contributed by atoms with van der Waals surface area (Å²) in [5, 5.41) is 3.15. The minimum absolute atomic E-state index is 0.112. The van der Waals surface area contributed by atoms with E-state index >= 15 is 0 Å². The number of amides is 1. The molecule has 1 amide bonds. The maximum absolute atomic E-state index is 13.8. The van der Waals surface area contributed by atoms with Crippen molar-refractivity contribution in [3.8, 4) is 0 Å². The fraction of sp³-hybridized carbons (Fsp3) is 0.400. The molecule has 1 aromatic heterocycles. The van der Waals surface area contributed by atoms with E-state index in [0.29, 0.717) is 80.5 Å². The topological polar surface area (TPSA) is 79.8 Å². The van der Waals surface area contributed by atoms with E-state index in [0.717, 1.165) is 11.9 Å². The first-order chi connectivity index (χ1) is 17.0. The summed E-state index contributed by atoms with van der Waals surface area (Å²) < 4.78 is 38.4. The van der Waals surface area contributed by atoms with Crippen LogP contribution in [0.25, 0.3) is 11.0 Å². The molecular weight excluding hydrogens is 456 g/mol. The van der Waals surface area contributed by atoms with Gasteiger partial charge in [-0.15, -0.1) is 0 Å². The number of ether oxygens (including phenoxy) is 2. The average molecular weight is 484 g/mol. The van der Waals surface area contributed by atoms with Crippen LogP contribution in [0.1, 0.15) is 28.9 Å². The van der Waals surface area contributed by atoms with Crippen molar-refractivity contribution in [3.63, 3.8) is 0 Å². The third-order valence-electron chi connectivity index (χ3n) is 6.26. The fourth-order valence-electron chi connectivity index (χ4n) is 4.44. The van der Waals surface area contributed by atoms with Crippen LogP contribution in [0.15, 0.2) is 36.5 Å². The van der Waals surface area contributed by atoms with Gasteiger partial charge in [-0.25, -0.2) is 13.8 Å². The zero-order valence-electron chi connectivity index (χ0n) is 19.5. The smallest absolute Gasteiger partial charge is 0.254 e. The number of benzene rings is 2. The van der Waals surface area contributed by atoms with Crippen molar-refractivity contribution in [2.24, 2.45) is 0 Å². The molecule has 1 N–H and O–H groups in total. The van der Waals surface area contributed by atoms with E-state index in [4.69, 9.17) is 14.5 Å². The second-order valence-electron chi connectivity index (χ2n) is 8.69. The summed E-state index contributed by atoms with van der Waals surface area (Å²) in [6.45, 7) is 6.54. The Bertz CT molecular complexity index is 1210. The third kappa shape index (κ3) is 5.18. The van der Waals surface area contributed by atoms with E-state index in [1.165, 1.54) is 12.1 Å². The van der Waals surface area contributed by atoms with Gasteiger partial charge in [-0.1, -0.05) is 0 Å². The lowest BCUT2D eigenvalue weighted by Crippen LogP contribution is -2.40. The van der Waals surface area contributed by atoms with Crippen LogP contribution >= 0.6 is 0 Å². The number of fused-ring (bicyclic) bond motifs is 1. The number of nitrogens with zero attached hydrogens (tertiary/aromatic N) is 4. The molecule has 0 spiro atoms. The predicted molar refractivity (Wildman–Crippen MR) is 128 cm³/mol. The molecule has 5 rings (SSSR count). The van der Waals surface area contributed by atoms with Crippen LogP contribution in [0.5, 0.6) is 0 Å². The van der Waals surface area contributed by atoms with Gasteiger partial charge in [0.15, 0.2) is 0 Å². The summed E-state index contributed by atoms with van der Waals surface area (Å²) in [4.78, 5) is 26.6. The van der Waals surface area contributed by atoms with Gasteiger partial charge in [0.05, 0.1) is 49.7 Å². The Hall–Kier alpha value is -3.37. The summed E-state index contributed by atoms with van der Waals surface area (Å²) in [6, 6.07) is 6.43. The quantitative estimate of drug-likeness (QED) is 0.596. The van der Waals surface area contributed by atoms with Gasteiger partial charge in [0.25, 0.3) is 5.91 Å². The molecule has 10 heteroatoms. The number of hydrogen-bond acceptors (Lipinski definition) is 7. The highest BCUT2D eigenvalue weighted by atomic mass is 19.1. The van der Waals surface area contributed by atoms with Crippen LogP contribution in [0.2, 0.25) is 0 Å². The van der Waals surface area contributed by atoms with Gasteiger partial charge in [-0.3, -0.25) is 9.78 Å². The molecule has 8 nitrogen and oxygen atoms in total. The van der Waals surface area contributed by atoms with Crippen molar-refractivity contribution in [2.45, 2.75) is 13.0 Å². The number of rotatable bonds is 5. The lowest BCUT2D eigenvalue weighted by molar-refractivity contribution is 0.0303. The summed E-state index contributed by atoms with van der Waals surface area (Å²) in [5.74, 6) is -0.733. The Kier molecular flexibility index (Phi) is 6.74. The number of carbonyl (C=O) groups is 1. The number of halogens is 2. The second-order valence-corrected chi connectivity index (χ2v) is 8.69. The first-order valence-electron chi connectivity index (χ1n) is 11.7. The van der Waals surface area contributed by atoms with Gasteiger partial charge >= 0.3 is 0 Å². The Labute approximate surface area is 201 Å². The van der Waals surface area contributed by atoms with Gasteiger partial charge in [-0.05, 0) is 31.2 Å². The summed E-state index contributed by atoms with van der Waals surface area (Å²) >= 11 is 0. The Morgan fingerprint density at radius 3 is 2.31 bits per heavy atom. The van der Waals surface area contributed by atoms with Gasteiger partial charge in [0.2, 0.25) is 0 Å². The Balaban J connectivity index is 1.55. The third-order valence-corrected chi connectivity index (χ3v) is 6.26. The lowest BCUT2D eigenvalue weighted by Gasteiger charge is -2.29. The molecule has 0 aliphatic carbocycles. The van der Waals surface area contributed by atoms with E-state index in [2.05, 4.69) is 15.2 Å². The molecule has 0 bridgehead atoms. The molecule has 3 heterocycles.